The molecule has 1 amide bonds. The standard InChI is InChI=1S/C15H23N3O2/c1-2-18-8-9-20-14(12-18)10-16-11-15(19)17-13-6-4-3-5-7-13/h3-7,14,16H,2,8-12H2,1H3,(H,17,19). The first-order valence-corrected chi connectivity index (χ1v) is 7.17. The Labute approximate surface area is 120 Å². The Morgan fingerprint density at radius 1 is 1.40 bits per heavy atom. The predicted octanol–water partition coefficient (Wildman–Crippen LogP) is 0.935. The van der Waals surface area contributed by atoms with Crippen LogP contribution in [0.15, 0.2) is 30.3 Å². The summed E-state index contributed by atoms with van der Waals surface area (Å²) >= 11 is 0. The number of morpholine rings is 1. The van der Waals surface area contributed by atoms with Crippen molar-refractivity contribution in [3.05, 3.63) is 30.3 Å². The van der Waals surface area contributed by atoms with E-state index in [0.717, 1.165) is 31.9 Å². The lowest BCUT2D eigenvalue weighted by molar-refractivity contribution is -0.115. The Kier molecular flexibility index (Phi) is 5.98. The highest BCUT2D eigenvalue weighted by Gasteiger charge is 2.18. The number of amides is 1. The highest BCUT2D eigenvalue weighted by Crippen LogP contribution is 2.05. The molecular weight excluding hydrogens is 254 g/mol. The van der Waals surface area contributed by atoms with E-state index >= 15 is 0 Å². The van der Waals surface area contributed by atoms with Crippen molar-refractivity contribution in [2.45, 2.75) is 13.0 Å². The summed E-state index contributed by atoms with van der Waals surface area (Å²) in [4.78, 5) is 14.1. The molecule has 1 heterocycles. The van der Waals surface area contributed by atoms with Gasteiger partial charge in [-0.15, -0.1) is 0 Å². The average molecular weight is 277 g/mol. The average Bonchev–Trinajstić information content (AvgIpc) is 2.48. The van der Waals surface area contributed by atoms with Crippen molar-refractivity contribution in [1.29, 1.82) is 0 Å². The lowest BCUT2D eigenvalue weighted by Crippen LogP contribution is -2.47. The Hall–Kier alpha value is -1.43. The van der Waals surface area contributed by atoms with Gasteiger partial charge in [-0.2, -0.15) is 0 Å². The molecule has 0 aromatic heterocycles. The van der Waals surface area contributed by atoms with Crippen molar-refractivity contribution in [2.75, 3.05) is 44.6 Å². The van der Waals surface area contributed by atoms with Gasteiger partial charge in [-0.1, -0.05) is 25.1 Å². The van der Waals surface area contributed by atoms with Crippen LogP contribution < -0.4 is 10.6 Å². The van der Waals surface area contributed by atoms with Crippen molar-refractivity contribution < 1.29 is 9.53 Å². The second kappa shape index (κ2) is 7.99. The monoisotopic (exact) mass is 277 g/mol. The summed E-state index contributed by atoms with van der Waals surface area (Å²) in [6.45, 7) is 6.93. The summed E-state index contributed by atoms with van der Waals surface area (Å²) < 4.78 is 5.67. The van der Waals surface area contributed by atoms with Crippen molar-refractivity contribution >= 4 is 11.6 Å². The summed E-state index contributed by atoms with van der Waals surface area (Å²) in [6.07, 6.45) is 0.174. The number of carbonyl (C=O) groups is 1. The molecule has 1 aliphatic heterocycles. The van der Waals surface area contributed by atoms with Crippen LogP contribution in [-0.2, 0) is 9.53 Å². The smallest absolute Gasteiger partial charge is 0.238 e. The maximum absolute atomic E-state index is 11.7. The second-order valence-corrected chi connectivity index (χ2v) is 4.93. The van der Waals surface area contributed by atoms with Gasteiger partial charge in [-0.25, -0.2) is 0 Å². The lowest BCUT2D eigenvalue weighted by Gasteiger charge is -2.32. The van der Waals surface area contributed by atoms with E-state index in [9.17, 15) is 4.79 Å². The number of carbonyl (C=O) groups excluding carboxylic acids is 1. The summed E-state index contributed by atoms with van der Waals surface area (Å²) in [6, 6.07) is 9.48. The number of benzene rings is 1. The molecular formula is C15H23N3O2. The SMILES string of the molecule is CCN1CCOC(CNCC(=O)Nc2ccccc2)C1. The Morgan fingerprint density at radius 3 is 2.95 bits per heavy atom. The van der Waals surface area contributed by atoms with E-state index < -0.39 is 0 Å². The molecule has 1 atom stereocenters. The first-order valence-electron chi connectivity index (χ1n) is 7.17. The zero-order chi connectivity index (χ0) is 14.2. The number of hydrogen-bond donors (Lipinski definition) is 2. The fourth-order valence-electron chi connectivity index (χ4n) is 2.26. The van der Waals surface area contributed by atoms with Crippen molar-refractivity contribution in [3.63, 3.8) is 0 Å². The Balaban J connectivity index is 1.64. The summed E-state index contributed by atoms with van der Waals surface area (Å²) in [5, 5.41) is 6.00. The molecule has 110 valence electrons. The Morgan fingerprint density at radius 2 is 2.20 bits per heavy atom. The van der Waals surface area contributed by atoms with E-state index in [1.54, 1.807) is 0 Å². The van der Waals surface area contributed by atoms with Crippen LogP contribution in [0.4, 0.5) is 5.69 Å². The molecule has 5 heteroatoms. The molecule has 1 fully saturated rings. The fourth-order valence-corrected chi connectivity index (χ4v) is 2.26. The summed E-state index contributed by atoms with van der Waals surface area (Å²) in [5.74, 6) is -0.0284. The van der Waals surface area contributed by atoms with Gasteiger partial charge in [0, 0.05) is 25.3 Å². The second-order valence-electron chi connectivity index (χ2n) is 4.93. The van der Waals surface area contributed by atoms with Crippen LogP contribution in [0.2, 0.25) is 0 Å². The number of rotatable bonds is 6. The van der Waals surface area contributed by atoms with Gasteiger partial charge >= 0.3 is 0 Å². The number of hydrogen-bond acceptors (Lipinski definition) is 4. The number of nitrogens with zero attached hydrogens (tertiary/aromatic N) is 1. The van der Waals surface area contributed by atoms with Crippen LogP contribution in [0.1, 0.15) is 6.92 Å². The summed E-state index contributed by atoms with van der Waals surface area (Å²) in [5.41, 5.74) is 0.824. The lowest BCUT2D eigenvalue weighted by atomic mass is 10.2. The largest absolute Gasteiger partial charge is 0.374 e. The van der Waals surface area contributed by atoms with Crippen LogP contribution in [-0.4, -0.2) is 56.2 Å². The van der Waals surface area contributed by atoms with E-state index in [1.165, 1.54) is 0 Å². The van der Waals surface area contributed by atoms with Gasteiger partial charge in [-0.3, -0.25) is 9.69 Å². The van der Waals surface area contributed by atoms with Gasteiger partial charge in [0.15, 0.2) is 0 Å². The molecule has 0 aliphatic carbocycles. The molecule has 1 aliphatic rings. The van der Waals surface area contributed by atoms with Gasteiger partial charge < -0.3 is 15.4 Å². The van der Waals surface area contributed by atoms with Gasteiger partial charge in [0.2, 0.25) is 5.91 Å². The maximum Gasteiger partial charge on any atom is 0.238 e. The van der Waals surface area contributed by atoms with Gasteiger partial charge in [0.05, 0.1) is 19.3 Å². The molecule has 0 saturated carbocycles. The highest BCUT2D eigenvalue weighted by molar-refractivity contribution is 5.92. The van der Waals surface area contributed by atoms with E-state index in [4.69, 9.17) is 4.74 Å². The van der Waals surface area contributed by atoms with Gasteiger partial charge in [-0.05, 0) is 18.7 Å². The molecule has 1 aromatic carbocycles. The van der Waals surface area contributed by atoms with Crippen molar-refractivity contribution in [2.24, 2.45) is 0 Å². The Bertz CT molecular complexity index is 411. The first kappa shape index (κ1) is 15.0. The first-order chi connectivity index (χ1) is 9.78. The third-order valence-electron chi connectivity index (χ3n) is 3.39. The van der Waals surface area contributed by atoms with Crippen LogP contribution >= 0.6 is 0 Å². The third kappa shape index (κ3) is 4.92. The number of para-hydroxylation sites is 1. The van der Waals surface area contributed by atoms with Crippen molar-refractivity contribution in [3.8, 4) is 0 Å². The van der Waals surface area contributed by atoms with E-state index in [1.807, 2.05) is 30.3 Å². The van der Waals surface area contributed by atoms with Crippen LogP contribution in [0, 0.1) is 0 Å². The molecule has 5 nitrogen and oxygen atoms in total. The molecule has 0 bridgehead atoms. The highest BCUT2D eigenvalue weighted by atomic mass is 16.5. The minimum Gasteiger partial charge on any atom is -0.374 e. The number of likely N-dealkylation sites (N-methyl/N-ethyl adjacent to an activating group) is 1. The summed E-state index contributed by atoms with van der Waals surface area (Å²) in [7, 11) is 0. The minimum atomic E-state index is -0.0284. The topological polar surface area (TPSA) is 53.6 Å². The zero-order valence-electron chi connectivity index (χ0n) is 12.0. The molecule has 2 N–H and O–H groups in total. The van der Waals surface area contributed by atoms with Crippen LogP contribution in [0.3, 0.4) is 0 Å². The quantitative estimate of drug-likeness (QED) is 0.812. The van der Waals surface area contributed by atoms with E-state index in [-0.39, 0.29) is 12.0 Å². The van der Waals surface area contributed by atoms with Gasteiger partial charge in [0.25, 0.3) is 0 Å². The molecule has 1 aromatic rings. The van der Waals surface area contributed by atoms with Crippen LogP contribution in [0.5, 0.6) is 0 Å². The molecule has 0 spiro atoms. The third-order valence-corrected chi connectivity index (χ3v) is 3.39. The molecule has 20 heavy (non-hydrogen) atoms. The molecule has 0 radical (unpaired) electrons. The van der Waals surface area contributed by atoms with Crippen LogP contribution in [0.25, 0.3) is 0 Å². The molecule has 2 rings (SSSR count). The maximum atomic E-state index is 11.7. The number of ether oxygens (including phenoxy) is 1. The minimum absolute atomic E-state index is 0.0284. The number of anilines is 1. The molecule has 1 saturated heterocycles. The zero-order valence-corrected chi connectivity index (χ0v) is 12.0. The van der Waals surface area contributed by atoms with E-state index in [2.05, 4.69) is 22.5 Å². The van der Waals surface area contributed by atoms with Gasteiger partial charge in [0.1, 0.15) is 0 Å². The molecule has 1 unspecified atom stereocenters. The predicted molar refractivity (Wildman–Crippen MR) is 79.8 cm³/mol. The normalized spacial score (nSPS) is 19.8. The van der Waals surface area contributed by atoms with E-state index in [0.29, 0.717) is 13.1 Å². The fraction of sp³-hybridized carbons (Fsp3) is 0.533. The number of nitrogens with one attached hydrogen (secondary N) is 2. The van der Waals surface area contributed by atoms with Crippen molar-refractivity contribution in [1.82, 2.24) is 10.2 Å².